The van der Waals surface area contributed by atoms with E-state index in [0.29, 0.717) is 16.4 Å². The summed E-state index contributed by atoms with van der Waals surface area (Å²) in [5.41, 5.74) is 1.79. The van der Waals surface area contributed by atoms with Gasteiger partial charge in [0.15, 0.2) is 5.11 Å². The molecule has 2 N–H and O–H groups in total. The molecule has 0 aromatic heterocycles. The molecule has 0 spiro atoms. The summed E-state index contributed by atoms with van der Waals surface area (Å²) < 4.78 is 6.58. The minimum absolute atomic E-state index is 0.0242. The van der Waals surface area contributed by atoms with Gasteiger partial charge >= 0.3 is 0 Å². The van der Waals surface area contributed by atoms with Gasteiger partial charge in [0, 0.05) is 30.1 Å². The summed E-state index contributed by atoms with van der Waals surface area (Å²) in [4.78, 5) is 15.2. The summed E-state index contributed by atoms with van der Waals surface area (Å²) in [5, 5.41) is 6.46. The van der Waals surface area contributed by atoms with Crippen LogP contribution in [0.3, 0.4) is 0 Å². The minimum atomic E-state index is -0.272. The van der Waals surface area contributed by atoms with Crippen molar-refractivity contribution in [3.8, 4) is 5.75 Å². The molecular formula is C23H28BrN3O2S. The Hall–Kier alpha value is -1.96. The lowest BCUT2D eigenvalue weighted by atomic mass is 10.0. The lowest BCUT2D eigenvalue weighted by molar-refractivity contribution is 0.0970. The number of halogens is 1. The monoisotopic (exact) mass is 489 g/mol. The molecule has 1 amide bonds. The fourth-order valence-electron chi connectivity index (χ4n) is 3.51. The number of thiocarbonyl (C=S) groups is 1. The van der Waals surface area contributed by atoms with E-state index in [1.165, 1.54) is 5.56 Å². The lowest BCUT2D eigenvalue weighted by Gasteiger charge is -2.32. The van der Waals surface area contributed by atoms with Gasteiger partial charge in [-0.2, -0.15) is 0 Å². The number of piperidine rings is 1. The van der Waals surface area contributed by atoms with Crippen LogP contribution in [-0.4, -0.2) is 41.2 Å². The molecule has 0 saturated carbocycles. The highest BCUT2D eigenvalue weighted by atomic mass is 79.9. The Kier molecular flexibility index (Phi) is 8.24. The highest BCUT2D eigenvalue weighted by Crippen LogP contribution is 2.24. The van der Waals surface area contributed by atoms with Crippen molar-refractivity contribution in [3.63, 3.8) is 0 Å². The van der Waals surface area contributed by atoms with Gasteiger partial charge < -0.3 is 10.1 Å². The van der Waals surface area contributed by atoms with Gasteiger partial charge in [-0.1, -0.05) is 46.3 Å². The first kappa shape index (κ1) is 22.7. The van der Waals surface area contributed by atoms with Crippen LogP contribution in [0.2, 0.25) is 0 Å². The van der Waals surface area contributed by atoms with Gasteiger partial charge in [0.1, 0.15) is 5.75 Å². The summed E-state index contributed by atoms with van der Waals surface area (Å²) in [5.74, 6) is 0.272. The molecule has 160 valence electrons. The molecule has 0 aliphatic carbocycles. The molecule has 7 heteroatoms. The van der Waals surface area contributed by atoms with Gasteiger partial charge in [-0.3, -0.25) is 15.0 Å². The summed E-state index contributed by atoms with van der Waals surface area (Å²) in [6.07, 6.45) is 1.95. The number of likely N-dealkylation sites (tertiary alicyclic amines) is 1. The Morgan fingerprint density at radius 1 is 1.20 bits per heavy atom. The number of amides is 1. The second-order valence-corrected chi connectivity index (χ2v) is 9.09. The van der Waals surface area contributed by atoms with E-state index in [-0.39, 0.29) is 18.1 Å². The first-order valence-electron chi connectivity index (χ1n) is 10.2. The molecule has 0 atom stereocenters. The third-order valence-electron chi connectivity index (χ3n) is 4.95. The van der Waals surface area contributed by atoms with Crippen LogP contribution in [0, 0.1) is 0 Å². The Morgan fingerprint density at radius 3 is 2.57 bits per heavy atom. The largest absolute Gasteiger partial charge is 0.490 e. The van der Waals surface area contributed by atoms with E-state index in [2.05, 4.69) is 55.7 Å². The van der Waals surface area contributed by atoms with Crippen molar-refractivity contribution in [2.24, 2.45) is 0 Å². The number of benzene rings is 2. The molecule has 1 heterocycles. The van der Waals surface area contributed by atoms with E-state index in [9.17, 15) is 4.79 Å². The number of hydrogen-bond donors (Lipinski definition) is 2. The number of carbonyl (C=O) groups is 1. The average Bonchev–Trinajstić information content (AvgIpc) is 2.71. The third kappa shape index (κ3) is 6.79. The molecule has 3 rings (SSSR count). The first-order valence-corrected chi connectivity index (χ1v) is 11.4. The molecule has 1 fully saturated rings. The van der Waals surface area contributed by atoms with E-state index < -0.39 is 0 Å². The zero-order valence-electron chi connectivity index (χ0n) is 17.4. The van der Waals surface area contributed by atoms with Gasteiger partial charge in [0.05, 0.1) is 11.7 Å². The van der Waals surface area contributed by atoms with Crippen LogP contribution >= 0.6 is 28.1 Å². The number of ether oxygens (including phenoxy) is 1. The summed E-state index contributed by atoms with van der Waals surface area (Å²) in [7, 11) is 0. The molecule has 0 bridgehead atoms. The topological polar surface area (TPSA) is 53.6 Å². The Labute approximate surface area is 192 Å². The van der Waals surface area contributed by atoms with Crippen LogP contribution in [0.1, 0.15) is 42.6 Å². The molecular weight excluding hydrogens is 462 g/mol. The fraction of sp³-hybridized carbons (Fsp3) is 0.391. The second-order valence-electron chi connectivity index (χ2n) is 7.77. The van der Waals surface area contributed by atoms with Gasteiger partial charge in [-0.25, -0.2) is 0 Å². The van der Waals surface area contributed by atoms with Crippen molar-refractivity contribution in [1.82, 2.24) is 15.5 Å². The Morgan fingerprint density at radius 2 is 1.90 bits per heavy atom. The predicted octanol–water partition coefficient (Wildman–Crippen LogP) is 4.51. The van der Waals surface area contributed by atoms with Gasteiger partial charge in [0.2, 0.25) is 0 Å². The van der Waals surface area contributed by atoms with Crippen LogP contribution in [0.5, 0.6) is 5.75 Å². The molecule has 2 aromatic rings. The van der Waals surface area contributed by atoms with E-state index in [4.69, 9.17) is 17.0 Å². The van der Waals surface area contributed by atoms with Crippen molar-refractivity contribution in [2.75, 3.05) is 13.1 Å². The molecule has 0 radical (unpaired) electrons. The summed E-state index contributed by atoms with van der Waals surface area (Å²) in [6.45, 7) is 6.83. The number of rotatable bonds is 6. The standard InChI is InChI=1S/C23H28BrN3O2S/c1-16(2)29-21-9-8-18(24)14-20(21)22(28)26-23(30)25-19-10-12-27(13-11-19)15-17-6-4-3-5-7-17/h3-9,14,16,19H,10-13,15H2,1-2H3,(H2,25,26,28,30). The number of carbonyl (C=O) groups excluding carboxylic acids is 1. The molecule has 30 heavy (non-hydrogen) atoms. The molecule has 0 unspecified atom stereocenters. The zero-order chi connectivity index (χ0) is 21.5. The SMILES string of the molecule is CC(C)Oc1ccc(Br)cc1C(=O)NC(=S)NC1CCN(Cc2ccccc2)CC1. The van der Waals surface area contributed by atoms with Gasteiger partial charge in [-0.05, 0) is 62.7 Å². The highest BCUT2D eigenvalue weighted by molar-refractivity contribution is 9.10. The number of hydrogen-bond acceptors (Lipinski definition) is 4. The van der Waals surface area contributed by atoms with E-state index in [1.54, 1.807) is 12.1 Å². The van der Waals surface area contributed by atoms with Crippen LogP contribution < -0.4 is 15.4 Å². The summed E-state index contributed by atoms with van der Waals surface area (Å²) >= 11 is 8.82. The van der Waals surface area contributed by atoms with Crippen molar-refractivity contribution in [1.29, 1.82) is 0 Å². The molecule has 1 aliphatic rings. The molecule has 5 nitrogen and oxygen atoms in total. The normalized spacial score (nSPS) is 15.1. The Bertz CT molecular complexity index is 868. The maximum atomic E-state index is 12.8. The molecule has 1 saturated heterocycles. The lowest BCUT2D eigenvalue weighted by Crippen LogP contribution is -2.48. The number of nitrogens with one attached hydrogen (secondary N) is 2. The van der Waals surface area contributed by atoms with Crippen molar-refractivity contribution in [3.05, 3.63) is 64.1 Å². The molecule has 2 aromatic carbocycles. The first-order chi connectivity index (χ1) is 14.4. The van der Waals surface area contributed by atoms with Gasteiger partial charge in [0.25, 0.3) is 5.91 Å². The maximum absolute atomic E-state index is 12.8. The predicted molar refractivity (Wildman–Crippen MR) is 128 cm³/mol. The van der Waals surface area contributed by atoms with Gasteiger partial charge in [-0.15, -0.1) is 0 Å². The Balaban J connectivity index is 1.49. The van der Waals surface area contributed by atoms with Crippen molar-refractivity contribution >= 4 is 39.2 Å². The average molecular weight is 490 g/mol. The fourth-order valence-corrected chi connectivity index (χ4v) is 4.13. The quantitative estimate of drug-likeness (QED) is 0.584. The summed E-state index contributed by atoms with van der Waals surface area (Å²) in [6, 6.07) is 16.2. The van der Waals surface area contributed by atoms with E-state index >= 15 is 0 Å². The van der Waals surface area contributed by atoms with E-state index in [1.807, 2.05) is 26.0 Å². The zero-order valence-corrected chi connectivity index (χ0v) is 19.8. The van der Waals surface area contributed by atoms with Crippen LogP contribution in [0.25, 0.3) is 0 Å². The highest BCUT2D eigenvalue weighted by Gasteiger charge is 2.21. The van der Waals surface area contributed by atoms with Crippen molar-refractivity contribution < 1.29 is 9.53 Å². The maximum Gasteiger partial charge on any atom is 0.261 e. The van der Waals surface area contributed by atoms with Crippen LogP contribution in [-0.2, 0) is 6.54 Å². The second kappa shape index (κ2) is 10.9. The minimum Gasteiger partial charge on any atom is -0.490 e. The van der Waals surface area contributed by atoms with E-state index in [0.717, 1.165) is 36.9 Å². The van der Waals surface area contributed by atoms with Crippen LogP contribution in [0.15, 0.2) is 53.0 Å². The smallest absolute Gasteiger partial charge is 0.261 e. The van der Waals surface area contributed by atoms with Crippen molar-refractivity contribution in [2.45, 2.75) is 45.4 Å². The third-order valence-corrected chi connectivity index (χ3v) is 5.66. The number of nitrogens with zero attached hydrogens (tertiary/aromatic N) is 1. The van der Waals surface area contributed by atoms with Crippen LogP contribution in [0.4, 0.5) is 0 Å². The molecule has 1 aliphatic heterocycles.